The van der Waals surface area contributed by atoms with Crippen LogP contribution < -0.4 is 0 Å². The Morgan fingerprint density at radius 1 is 1.10 bits per heavy atom. The molecule has 2 N–H and O–H groups in total. The van der Waals surface area contributed by atoms with Crippen molar-refractivity contribution < 1.29 is 5.48 Å². The van der Waals surface area contributed by atoms with E-state index in [0.29, 0.717) is 0 Å². The Labute approximate surface area is 60.4 Å². The summed E-state index contributed by atoms with van der Waals surface area (Å²) in [4.78, 5) is 8.33. The summed E-state index contributed by atoms with van der Waals surface area (Å²) in [6.07, 6.45) is 1.78. The smallest absolute Gasteiger partial charge is 0.0588 e. The molecule has 56 valence electrons. The predicted molar refractivity (Wildman–Crippen MR) is 39.9 cm³/mol. The van der Waals surface area contributed by atoms with E-state index in [2.05, 4.69) is 9.97 Å². The molecule has 0 aliphatic heterocycles. The maximum absolute atomic E-state index is 4.21. The fourth-order valence-electron chi connectivity index (χ4n) is 0.658. The molecule has 0 bridgehead atoms. The minimum absolute atomic E-state index is 0. The van der Waals surface area contributed by atoms with Crippen molar-refractivity contribution in [2.24, 2.45) is 0 Å². The summed E-state index contributed by atoms with van der Waals surface area (Å²) in [5, 5.41) is 0. The van der Waals surface area contributed by atoms with Gasteiger partial charge in [0.2, 0.25) is 0 Å². The molecule has 1 rings (SSSR count). The molecule has 0 fully saturated rings. The van der Waals surface area contributed by atoms with Crippen LogP contribution in [0, 0.1) is 20.8 Å². The SMILES string of the molecule is Cc1cnc(C)c(C)n1.O. The number of hydrogen-bond acceptors (Lipinski definition) is 2. The average Bonchev–Trinajstić information content (AvgIpc) is 1.80. The van der Waals surface area contributed by atoms with Crippen molar-refractivity contribution in [1.82, 2.24) is 9.97 Å². The molecule has 0 radical (unpaired) electrons. The van der Waals surface area contributed by atoms with E-state index in [1.807, 2.05) is 20.8 Å². The highest BCUT2D eigenvalue weighted by molar-refractivity contribution is 5.09. The van der Waals surface area contributed by atoms with Crippen molar-refractivity contribution in [3.63, 3.8) is 0 Å². The van der Waals surface area contributed by atoms with Crippen LogP contribution in [0.4, 0.5) is 0 Å². The van der Waals surface area contributed by atoms with Gasteiger partial charge in [-0.2, -0.15) is 0 Å². The molecule has 0 aromatic carbocycles. The molecule has 3 nitrogen and oxygen atoms in total. The second-order valence-electron chi connectivity index (χ2n) is 2.18. The van der Waals surface area contributed by atoms with Gasteiger partial charge < -0.3 is 5.48 Å². The normalized spacial score (nSPS) is 8.70. The van der Waals surface area contributed by atoms with Gasteiger partial charge in [0.05, 0.1) is 17.1 Å². The summed E-state index contributed by atoms with van der Waals surface area (Å²) in [7, 11) is 0. The molecule has 10 heavy (non-hydrogen) atoms. The summed E-state index contributed by atoms with van der Waals surface area (Å²) in [5.41, 5.74) is 3.02. The number of nitrogens with zero attached hydrogens (tertiary/aromatic N) is 2. The Bertz CT molecular complexity index is 223. The molecule has 3 heteroatoms. The molecule has 1 aromatic rings. The van der Waals surface area contributed by atoms with Crippen LogP contribution >= 0.6 is 0 Å². The molecule has 0 amide bonds. The van der Waals surface area contributed by atoms with Gasteiger partial charge in [-0.15, -0.1) is 0 Å². The monoisotopic (exact) mass is 140 g/mol. The first kappa shape index (κ1) is 9.04. The van der Waals surface area contributed by atoms with E-state index in [1.165, 1.54) is 0 Å². The molecule has 0 saturated carbocycles. The van der Waals surface area contributed by atoms with Crippen molar-refractivity contribution in [3.8, 4) is 0 Å². The van der Waals surface area contributed by atoms with E-state index < -0.39 is 0 Å². The zero-order valence-corrected chi connectivity index (χ0v) is 6.47. The molecular formula is C7H12N2O. The number of hydrogen-bond donors (Lipinski definition) is 0. The Morgan fingerprint density at radius 2 is 1.70 bits per heavy atom. The third-order valence-corrected chi connectivity index (χ3v) is 1.31. The molecule has 0 saturated heterocycles. The van der Waals surface area contributed by atoms with Gasteiger partial charge in [0, 0.05) is 6.20 Å². The standard InChI is InChI=1S/C7H10N2.H2O/c1-5-4-8-6(2)7(3)9-5;/h4H,1-3H3;1H2. The quantitative estimate of drug-likeness (QED) is 0.529. The van der Waals surface area contributed by atoms with Crippen LogP contribution in [0.25, 0.3) is 0 Å². The Kier molecular flexibility index (Phi) is 2.96. The number of aryl methyl sites for hydroxylation is 3. The Hall–Kier alpha value is -0.960. The zero-order chi connectivity index (χ0) is 6.85. The fourth-order valence-corrected chi connectivity index (χ4v) is 0.658. The van der Waals surface area contributed by atoms with Gasteiger partial charge in [-0.3, -0.25) is 9.97 Å². The van der Waals surface area contributed by atoms with Crippen LogP contribution in [0.3, 0.4) is 0 Å². The van der Waals surface area contributed by atoms with Gasteiger partial charge in [-0.1, -0.05) is 0 Å². The number of rotatable bonds is 0. The minimum atomic E-state index is 0. The maximum Gasteiger partial charge on any atom is 0.0588 e. The Morgan fingerprint density at radius 3 is 2.10 bits per heavy atom. The highest BCUT2D eigenvalue weighted by Gasteiger charge is 1.92. The van der Waals surface area contributed by atoms with Gasteiger partial charge in [-0.25, -0.2) is 0 Å². The second-order valence-corrected chi connectivity index (χ2v) is 2.18. The predicted octanol–water partition coefficient (Wildman–Crippen LogP) is 0.577. The van der Waals surface area contributed by atoms with Gasteiger partial charge in [0.25, 0.3) is 0 Å². The van der Waals surface area contributed by atoms with Crippen LogP contribution in [0.5, 0.6) is 0 Å². The summed E-state index contributed by atoms with van der Waals surface area (Å²) in [5.74, 6) is 0. The van der Waals surface area contributed by atoms with Gasteiger partial charge in [0.15, 0.2) is 0 Å². The van der Waals surface area contributed by atoms with Crippen molar-refractivity contribution in [3.05, 3.63) is 23.3 Å². The lowest BCUT2D eigenvalue weighted by Gasteiger charge is -1.96. The van der Waals surface area contributed by atoms with Crippen LogP contribution in [0.1, 0.15) is 17.1 Å². The first-order chi connectivity index (χ1) is 4.20. The molecular weight excluding hydrogens is 128 g/mol. The van der Waals surface area contributed by atoms with E-state index in [0.717, 1.165) is 17.1 Å². The average molecular weight is 140 g/mol. The van der Waals surface area contributed by atoms with Crippen LogP contribution in [-0.2, 0) is 0 Å². The topological polar surface area (TPSA) is 57.3 Å². The Balaban J connectivity index is 0.000000810. The van der Waals surface area contributed by atoms with Crippen LogP contribution in [0.15, 0.2) is 6.20 Å². The second kappa shape index (κ2) is 3.27. The largest absolute Gasteiger partial charge is 0.412 e. The van der Waals surface area contributed by atoms with Crippen LogP contribution in [-0.4, -0.2) is 15.4 Å². The molecule has 0 atom stereocenters. The van der Waals surface area contributed by atoms with Gasteiger partial charge in [0.1, 0.15) is 0 Å². The molecule has 1 heterocycles. The summed E-state index contributed by atoms with van der Waals surface area (Å²) in [6.45, 7) is 5.87. The van der Waals surface area contributed by atoms with Gasteiger partial charge in [-0.05, 0) is 20.8 Å². The van der Waals surface area contributed by atoms with Gasteiger partial charge >= 0.3 is 0 Å². The molecule has 0 spiro atoms. The first-order valence-electron chi connectivity index (χ1n) is 2.97. The highest BCUT2D eigenvalue weighted by Crippen LogP contribution is 1.98. The lowest BCUT2D eigenvalue weighted by molar-refractivity contribution is 0.824. The van der Waals surface area contributed by atoms with Crippen molar-refractivity contribution >= 4 is 0 Å². The van der Waals surface area contributed by atoms with Crippen LogP contribution in [0.2, 0.25) is 0 Å². The first-order valence-corrected chi connectivity index (χ1v) is 2.97. The molecule has 0 unspecified atom stereocenters. The van der Waals surface area contributed by atoms with E-state index in [9.17, 15) is 0 Å². The highest BCUT2D eigenvalue weighted by atomic mass is 16.0. The molecule has 0 aliphatic rings. The van der Waals surface area contributed by atoms with E-state index in [4.69, 9.17) is 0 Å². The third-order valence-electron chi connectivity index (χ3n) is 1.31. The summed E-state index contributed by atoms with van der Waals surface area (Å²) >= 11 is 0. The molecule has 0 aliphatic carbocycles. The lowest BCUT2D eigenvalue weighted by atomic mass is 10.3. The molecule has 1 aromatic heterocycles. The summed E-state index contributed by atoms with van der Waals surface area (Å²) < 4.78 is 0. The van der Waals surface area contributed by atoms with Crippen molar-refractivity contribution in [2.45, 2.75) is 20.8 Å². The maximum atomic E-state index is 4.21. The van der Waals surface area contributed by atoms with E-state index in [-0.39, 0.29) is 5.48 Å². The third kappa shape index (κ3) is 1.77. The summed E-state index contributed by atoms with van der Waals surface area (Å²) in [6, 6.07) is 0. The minimum Gasteiger partial charge on any atom is -0.412 e. The van der Waals surface area contributed by atoms with E-state index in [1.54, 1.807) is 6.20 Å². The van der Waals surface area contributed by atoms with Crippen molar-refractivity contribution in [2.75, 3.05) is 0 Å². The lowest BCUT2D eigenvalue weighted by Crippen LogP contribution is -1.92. The zero-order valence-electron chi connectivity index (χ0n) is 6.47. The van der Waals surface area contributed by atoms with E-state index >= 15 is 0 Å². The number of aromatic nitrogens is 2. The fraction of sp³-hybridized carbons (Fsp3) is 0.429. The van der Waals surface area contributed by atoms with Crippen molar-refractivity contribution in [1.29, 1.82) is 0 Å².